The van der Waals surface area contributed by atoms with Gasteiger partial charge in [0.25, 0.3) is 5.91 Å². The molecule has 1 atom stereocenters. The van der Waals surface area contributed by atoms with Crippen LogP contribution in [0.4, 0.5) is 10.5 Å². The van der Waals surface area contributed by atoms with E-state index in [1.54, 1.807) is 22.6 Å². The van der Waals surface area contributed by atoms with Crippen molar-refractivity contribution in [2.45, 2.75) is 19.8 Å². The third-order valence-electron chi connectivity index (χ3n) is 5.00. The van der Waals surface area contributed by atoms with Crippen molar-refractivity contribution in [1.29, 1.82) is 0 Å². The van der Waals surface area contributed by atoms with Crippen LogP contribution in [0.25, 0.3) is 0 Å². The first kappa shape index (κ1) is 20.6. The number of likely N-dealkylation sites (tertiary alicyclic amines) is 1. The predicted molar refractivity (Wildman–Crippen MR) is 112 cm³/mol. The minimum absolute atomic E-state index is 0.0925. The van der Waals surface area contributed by atoms with Crippen molar-refractivity contribution in [2.24, 2.45) is 13.0 Å². The summed E-state index contributed by atoms with van der Waals surface area (Å²) in [6.45, 7) is 3.78. The molecular formula is C20H24Cl2N4O2. The second-order valence-electron chi connectivity index (χ2n) is 7.19. The third kappa shape index (κ3) is 4.80. The molecular weight excluding hydrogens is 399 g/mol. The number of nitrogens with one attached hydrogen (secondary N) is 2. The highest BCUT2D eigenvalue weighted by Crippen LogP contribution is 2.27. The molecule has 0 radical (unpaired) electrons. The van der Waals surface area contributed by atoms with E-state index in [4.69, 9.17) is 23.2 Å². The number of hydrogen-bond donors (Lipinski definition) is 2. The molecule has 0 spiro atoms. The number of piperidine rings is 1. The van der Waals surface area contributed by atoms with Crippen LogP contribution >= 0.6 is 23.2 Å². The van der Waals surface area contributed by atoms with Crippen LogP contribution in [0.15, 0.2) is 30.3 Å². The Labute approximate surface area is 174 Å². The van der Waals surface area contributed by atoms with Crippen molar-refractivity contribution in [3.63, 3.8) is 0 Å². The summed E-state index contributed by atoms with van der Waals surface area (Å²) in [6.07, 6.45) is 1.85. The van der Waals surface area contributed by atoms with Gasteiger partial charge in [-0.2, -0.15) is 0 Å². The van der Waals surface area contributed by atoms with Crippen molar-refractivity contribution >= 4 is 40.8 Å². The Balaban J connectivity index is 1.53. The molecule has 28 heavy (non-hydrogen) atoms. The van der Waals surface area contributed by atoms with Crippen LogP contribution in [0.3, 0.4) is 0 Å². The first-order chi connectivity index (χ1) is 13.3. The van der Waals surface area contributed by atoms with Gasteiger partial charge in [0.2, 0.25) is 0 Å². The third-order valence-corrected chi connectivity index (χ3v) is 5.84. The summed E-state index contributed by atoms with van der Waals surface area (Å²) in [4.78, 5) is 26.8. The molecule has 2 N–H and O–H groups in total. The van der Waals surface area contributed by atoms with Crippen LogP contribution in [0, 0.1) is 12.8 Å². The van der Waals surface area contributed by atoms with Gasteiger partial charge < -0.3 is 20.1 Å². The minimum atomic E-state index is -0.242. The molecule has 0 bridgehead atoms. The number of carbonyl (C=O) groups excluding carboxylic acids is 2. The topological polar surface area (TPSA) is 66.4 Å². The van der Waals surface area contributed by atoms with Gasteiger partial charge in [0.1, 0.15) is 10.8 Å². The quantitative estimate of drug-likeness (QED) is 0.770. The molecule has 1 unspecified atom stereocenters. The lowest BCUT2D eigenvalue weighted by atomic mass is 9.97. The van der Waals surface area contributed by atoms with Gasteiger partial charge in [0.15, 0.2) is 0 Å². The van der Waals surface area contributed by atoms with E-state index in [2.05, 4.69) is 10.6 Å². The van der Waals surface area contributed by atoms with E-state index < -0.39 is 0 Å². The fourth-order valence-electron chi connectivity index (χ4n) is 3.37. The highest BCUT2D eigenvalue weighted by Gasteiger charge is 2.27. The standard InChI is InChI=1S/C20H24Cl2N4O2/c1-13-5-7-15(8-6-13)24-20(28)23-11-14-4-3-9-26(12-14)19(27)17-10-16(21)18(22)25(17)2/h5-8,10,14H,3-4,9,11-12H2,1-2H3,(H2,23,24,28). The normalized spacial score (nSPS) is 16.7. The Hall–Kier alpha value is -2.18. The zero-order chi connectivity index (χ0) is 20.3. The van der Waals surface area contributed by atoms with Gasteiger partial charge in [-0.1, -0.05) is 40.9 Å². The number of aryl methyl sites for hydroxylation is 1. The summed E-state index contributed by atoms with van der Waals surface area (Å²) in [7, 11) is 1.72. The van der Waals surface area contributed by atoms with Gasteiger partial charge in [-0.05, 0) is 43.9 Å². The first-order valence-corrected chi connectivity index (χ1v) is 10.0. The highest BCUT2D eigenvalue weighted by molar-refractivity contribution is 6.41. The van der Waals surface area contributed by atoms with Crippen molar-refractivity contribution < 1.29 is 9.59 Å². The zero-order valence-electron chi connectivity index (χ0n) is 16.0. The first-order valence-electron chi connectivity index (χ1n) is 9.26. The van der Waals surface area contributed by atoms with Crippen LogP contribution in [-0.4, -0.2) is 41.0 Å². The number of hydrogen-bond acceptors (Lipinski definition) is 2. The van der Waals surface area contributed by atoms with Crippen molar-refractivity contribution in [3.8, 4) is 0 Å². The molecule has 0 aliphatic carbocycles. The molecule has 3 amide bonds. The molecule has 1 aromatic heterocycles. The summed E-state index contributed by atoms with van der Waals surface area (Å²) < 4.78 is 1.60. The number of benzene rings is 1. The second-order valence-corrected chi connectivity index (χ2v) is 7.95. The fourth-order valence-corrected chi connectivity index (χ4v) is 3.75. The molecule has 2 heterocycles. The average molecular weight is 423 g/mol. The molecule has 150 valence electrons. The van der Waals surface area contributed by atoms with Crippen LogP contribution < -0.4 is 10.6 Å². The molecule has 1 aliphatic heterocycles. The van der Waals surface area contributed by atoms with Gasteiger partial charge in [-0.3, -0.25) is 4.79 Å². The van der Waals surface area contributed by atoms with Gasteiger partial charge in [0.05, 0.1) is 5.02 Å². The van der Waals surface area contributed by atoms with E-state index in [-0.39, 0.29) is 17.9 Å². The number of nitrogens with zero attached hydrogens (tertiary/aromatic N) is 2. The Morgan fingerprint density at radius 1 is 1.21 bits per heavy atom. The van der Waals surface area contributed by atoms with Crippen LogP contribution in [0.5, 0.6) is 0 Å². The van der Waals surface area contributed by atoms with Gasteiger partial charge in [-0.15, -0.1) is 0 Å². The fraction of sp³-hybridized carbons (Fsp3) is 0.400. The van der Waals surface area contributed by atoms with Gasteiger partial charge in [0, 0.05) is 32.4 Å². The van der Waals surface area contributed by atoms with E-state index >= 15 is 0 Å². The van der Waals surface area contributed by atoms with Crippen LogP contribution in [0.2, 0.25) is 10.2 Å². The number of halogens is 2. The lowest BCUT2D eigenvalue weighted by Crippen LogP contribution is -2.44. The Kier molecular flexibility index (Phi) is 6.52. The Morgan fingerprint density at radius 3 is 2.57 bits per heavy atom. The van der Waals surface area contributed by atoms with E-state index in [1.807, 2.05) is 31.2 Å². The largest absolute Gasteiger partial charge is 0.338 e. The monoisotopic (exact) mass is 422 g/mol. The van der Waals surface area contributed by atoms with Crippen molar-refractivity contribution in [3.05, 3.63) is 51.8 Å². The number of anilines is 1. The number of aromatic nitrogens is 1. The molecule has 0 saturated carbocycles. The van der Waals surface area contributed by atoms with Gasteiger partial charge >= 0.3 is 6.03 Å². The summed E-state index contributed by atoms with van der Waals surface area (Å²) in [5.41, 5.74) is 2.36. The Bertz CT molecular complexity index is 864. The maximum Gasteiger partial charge on any atom is 0.319 e. The highest BCUT2D eigenvalue weighted by atomic mass is 35.5. The summed E-state index contributed by atoms with van der Waals surface area (Å²) in [5.74, 6) is 0.109. The molecule has 3 rings (SSSR count). The SMILES string of the molecule is Cc1ccc(NC(=O)NCC2CCCN(C(=O)c3cc(Cl)c(Cl)n3C)C2)cc1. The maximum atomic E-state index is 12.8. The maximum absolute atomic E-state index is 12.8. The molecule has 6 nitrogen and oxygen atoms in total. The predicted octanol–water partition coefficient (Wildman–Crippen LogP) is 4.31. The van der Waals surface area contributed by atoms with Crippen LogP contribution in [-0.2, 0) is 7.05 Å². The molecule has 1 saturated heterocycles. The number of amides is 3. The smallest absolute Gasteiger partial charge is 0.319 e. The van der Waals surface area contributed by atoms with E-state index in [1.165, 1.54) is 0 Å². The Morgan fingerprint density at radius 2 is 1.93 bits per heavy atom. The number of rotatable bonds is 4. The summed E-state index contributed by atoms with van der Waals surface area (Å²) >= 11 is 12.1. The van der Waals surface area contributed by atoms with Crippen molar-refractivity contribution in [2.75, 3.05) is 25.0 Å². The number of urea groups is 1. The summed E-state index contributed by atoms with van der Waals surface area (Å²) in [6, 6.07) is 8.99. The second kappa shape index (κ2) is 8.88. The number of carbonyl (C=O) groups is 2. The summed E-state index contributed by atoms with van der Waals surface area (Å²) in [5, 5.41) is 6.45. The lowest BCUT2D eigenvalue weighted by molar-refractivity contribution is 0.0665. The van der Waals surface area contributed by atoms with Crippen molar-refractivity contribution in [1.82, 2.24) is 14.8 Å². The average Bonchev–Trinajstić information content (AvgIpc) is 2.95. The molecule has 1 aliphatic rings. The minimum Gasteiger partial charge on any atom is -0.338 e. The molecule has 8 heteroatoms. The molecule has 1 fully saturated rings. The van der Waals surface area contributed by atoms with E-state index in [9.17, 15) is 9.59 Å². The van der Waals surface area contributed by atoms with E-state index in [0.717, 1.165) is 24.1 Å². The lowest BCUT2D eigenvalue weighted by Gasteiger charge is -2.33. The van der Waals surface area contributed by atoms with E-state index in [0.29, 0.717) is 35.5 Å². The van der Waals surface area contributed by atoms with Crippen LogP contribution in [0.1, 0.15) is 28.9 Å². The van der Waals surface area contributed by atoms with Gasteiger partial charge in [-0.25, -0.2) is 4.79 Å². The zero-order valence-corrected chi connectivity index (χ0v) is 17.5. The molecule has 2 aromatic rings. The molecule has 1 aromatic carbocycles.